The van der Waals surface area contributed by atoms with Crippen LogP contribution >= 0.6 is 22.6 Å². The maximum absolute atomic E-state index is 8.59. The van der Waals surface area contributed by atoms with E-state index in [9.17, 15) is 0 Å². The molecule has 102 valence electrons. The molecule has 20 heavy (non-hydrogen) atoms. The summed E-state index contributed by atoms with van der Waals surface area (Å²) in [5.41, 5.74) is 3.39. The van der Waals surface area contributed by atoms with Crippen LogP contribution in [0, 0.1) is 21.8 Å². The van der Waals surface area contributed by atoms with E-state index in [4.69, 9.17) is 10.00 Å². The molecule has 1 N–H and O–H groups in total. The molecule has 0 saturated carbocycles. The Balaban J connectivity index is 2.06. The zero-order valence-electron chi connectivity index (χ0n) is 11.2. The average molecular weight is 378 g/mol. The molecule has 0 bridgehead atoms. The molecule has 4 heteroatoms. The van der Waals surface area contributed by atoms with Gasteiger partial charge in [0.1, 0.15) is 11.8 Å². The molecule has 2 rings (SSSR count). The van der Waals surface area contributed by atoms with Crippen molar-refractivity contribution < 1.29 is 4.74 Å². The van der Waals surface area contributed by atoms with Gasteiger partial charge < -0.3 is 10.1 Å². The van der Waals surface area contributed by atoms with Crippen molar-refractivity contribution in [3.63, 3.8) is 0 Å². The third-order valence-corrected chi connectivity index (χ3v) is 4.08. The predicted octanol–water partition coefficient (Wildman–Crippen LogP) is 4.11. The molecular formula is C16H15IN2O. The highest BCUT2D eigenvalue weighted by molar-refractivity contribution is 14.1. The monoisotopic (exact) mass is 378 g/mol. The Morgan fingerprint density at radius 3 is 2.80 bits per heavy atom. The van der Waals surface area contributed by atoms with Gasteiger partial charge in [-0.25, -0.2) is 0 Å². The number of para-hydroxylation sites is 1. The van der Waals surface area contributed by atoms with Gasteiger partial charge in [-0.05, 0) is 53.3 Å². The Bertz CT molecular complexity index is 635. The fraction of sp³-hybridized carbons (Fsp3) is 0.188. The Morgan fingerprint density at radius 2 is 2.05 bits per heavy atom. The second-order valence-corrected chi connectivity index (χ2v) is 5.53. The Morgan fingerprint density at radius 1 is 1.25 bits per heavy atom. The van der Waals surface area contributed by atoms with Crippen molar-refractivity contribution >= 4 is 28.3 Å². The molecule has 0 aromatic heterocycles. The van der Waals surface area contributed by atoms with Gasteiger partial charge in [-0.1, -0.05) is 24.3 Å². The van der Waals surface area contributed by atoms with Crippen LogP contribution in [-0.2, 0) is 6.54 Å². The SMILES string of the molecule is Cc1ccc(NCc2ccccc2OCC#N)cc1I. The molecule has 0 heterocycles. The van der Waals surface area contributed by atoms with Gasteiger partial charge in [0, 0.05) is 21.4 Å². The standard InChI is InChI=1S/C16H15IN2O/c1-12-6-7-14(10-15(12)17)19-11-13-4-2-3-5-16(13)20-9-8-18/h2-7,10,19H,9,11H2,1H3. The van der Waals surface area contributed by atoms with Gasteiger partial charge >= 0.3 is 0 Å². The van der Waals surface area contributed by atoms with Gasteiger partial charge in [-0.15, -0.1) is 0 Å². The molecule has 0 aliphatic rings. The van der Waals surface area contributed by atoms with Crippen molar-refractivity contribution in [1.29, 1.82) is 5.26 Å². The first-order valence-electron chi connectivity index (χ1n) is 6.28. The summed E-state index contributed by atoms with van der Waals surface area (Å²) in [6.07, 6.45) is 0. The quantitative estimate of drug-likeness (QED) is 0.797. The van der Waals surface area contributed by atoms with E-state index in [2.05, 4.69) is 53.0 Å². The Hall–Kier alpha value is -1.74. The number of halogens is 1. The van der Waals surface area contributed by atoms with Crippen LogP contribution in [-0.4, -0.2) is 6.61 Å². The molecule has 0 atom stereocenters. The lowest BCUT2D eigenvalue weighted by atomic mass is 10.2. The lowest BCUT2D eigenvalue weighted by Gasteiger charge is -2.12. The van der Waals surface area contributed by atoms with E-state index in [-0.39, 0.29) is 6.61 Å². The van der Waals surface area contributed by atoms with Crippen LogP contribution in [0.15, 0.2) is 42.5 Å². The summed E-state index contributed by atoms with van der Waals surface area (Å²) in [5.74, 6) is 0.753. The van der Waals surface area contributed by atoms with E-state index in [1.54, 1.807) is 0 Å². The fourth-order valence-electron chi connectivity index (χ4n) is 1.80. The third-order valence-electron chi connectivity index (χ3n) is 2.92. The number of nitriles is 1. The summed E-state index contributed by atoms with van der Waals surface area (Å²) in [6, 6.07) is 16.0. The van der Waals surface area contributed by atoms with Crippen molar-refractivity contribution in [3.8, 4) is 11.8 Å². The Kier molecular flexibility index (Phi) is 5.24. The Labute approximate surface area is 132 Å². The number of rotatable bonds is 5. The van der Waals surface area contributed by atoms with Gasteiger partial charge in [0.15, 0.2) is 6.61 Å². The minimum atomic E-state index is 0.0689. The molecule has 0 aliphatic heterocycles. The van der Waals surface area contributed by atoms with Gasteiger partial charge in [0.05, 0.1) is 0 Å². The molecule has 2 aromatic rings. The van der Waals surface area contributed by atoms with Crippen LogP contribution in [0.1, 0.15) is 11.1 Å². The molecule has 0 amide bonds. The van der Waals surface area contributed by atoms with E-state index < -0.39 is 0 Å². The molecule has 0 spiro atoms. The second kappa shape index (κ2) is 7.15. The van der Waals surface area contributed by atoms with Crippen LogP contribution in [0.4, 0.5) is 5.69 Å². The van der Waals surface area contributed by atoms with Crippen LogP contribution in [0.25, 0.3) is 0 Å². The van der Waals surface area contributed by atoms with E-state index in [0.29, 0.717) is 6.54 Å². The van der Waals surface area contributed by atoms with Gasteiger partial charge in [0.25, 0.3) is 0 Å². The summed E-state index contributed by atoms with van der Waals surface area (Å²) >= 11 is 2.33. The first kappa shape index (κ1) is 14.7. The van der Waals surface area contributed by atoms with Gasteiger partial charge in [-0.2, -0.15) is 5.26 Å². The summed E-state index contributed by atoms with van der Waals surface area (Å²) in [5, 5.41) is 12.0. The first-order chi connectivity index (χ1) is 9.70. The van der Waals surface area contributed by atoms with Crippen molar-refractivity contribution in [3.05, 3.63) is 57.2 Å². The van der Waals surface area contributed by atoms with Crippen LogP contribution in [0.3, 0.4) is 0 Å². The summed E-state index contributed by atoms with van der Waals surface area (Å²) in [4.78, 5) is 0. The van der Waals surface area contributed by atoms with E-state index in [0.717, 1.165) is 17.0 Å². The number of nitrogens with one attached hydrogen (secondary N) is 1. The molecule has 0 fully saturated rings. The fourth-order valence-corrected chi connectivity index (χ4v) is 2.32. The minimum Gasteiger partial charge on any atom is -0.478 e. The second-order valence-electron chi connectivity index (χ2n) is 4.37. The molecule has 0 saturated heterocycles. The normalized spacial score (nSPS) is 9.85. The molecule has 2 aromatic carbocycles. The van der Waals surface area contributed by atoms with E-state index >= 15 is 0 Å². The maximum atomic E-state index is 8.59. The number of benzene rings is 2. The minimum absolute atomic E-state index is 0.0689. The topological polar surface area (TPSA) is 45.0 Å². The summed E-state index contributed by atoms with van der Waals surface area (Å²) in [7, 11) is 0. The molecule has 0 unspecified atom stereocenters. The highest BCUT2D eigenvalue weighted by Crippen LogP contribution is 2.21. The number of anilines is 1. The first-order valence-corrected chi connectivity index (χ1v) is 7.36. The molecular weight excluding hydrogens is 363 g/mol. The van der Waals surface area contributed by atoms with Crippen molar-refractivity contribution in [2.45, 2.75) is 13.5 Å². The number of hydrogen-bond acceptors (Lipinski definition) is 3. The number of nitrogens with zero attached hydrogens (tertiary/aromatic N) is 1. The average Bonchev–Trinajstić information content (AvgIpc) is 2.47. The summed E-state index contributed by atoms with van der Waals surface area (Å²) in [6.45, 7) is 2.83. The number of ether oxygens (including phenoxy) is 1. The zero-order valence-corrected chi connectivity index (χ0v) is 13.3. The van der Waals surface area contributed by atoms with E-state index in [1.165, 1.54) is 9.13 Å². The molecule has 0 aliphatic carbocycles. The maximum Gasteiger partial charge on any atom is 0.174 e. The largest absolute Gasteiger partial charge is 0.478 e. The molecule has 0 radical (unpaired) electrons. The van der Waals surface area contributed by atoms with E-state index in [1.807, 2.05) is 30.3 Å². The van der Waals surface area contributed by atoms with Crippen LogP contribution in [0.2, 0.25) is 0 Å². The number of aryl methyl sites for hydroxylation is 1. The smallest absolute Gasteiger partial charge is 0.174 e. The highest BCUT2D eigenvalue weighted by Gasteiger charge is 2.03. The number of hydrogen-bond donors (Lipinski definition) is 1. The van der Waals surface area contributed by atoms with Crippen molar-refractivity contribution in [2.24, 2.45) is 0 Å². The lowest BCUT2D eigenvalue weighted by molar-refractivity contribution is 0.364. The van der Waals surface area contributed by atoms with Crippen molar-refractivity contribution in [2.75, 3.05) is 11.9 Å². The predicted molar refractivity (Wildman–Crippen MR) is 88.8 cm³/mol. The zero-order chi connectivity index (χ0) is 14.4. The van der Waals surface area contributed by atoms with Crippen LogP contribution < -0.4 is 10.1 Å². The van der Waals surface area contributed by atoms with Crippen LogP contribution in [0.5, 0.6) is 5.75 Å². The lowest BCUT2D eigenvalue weighted by Crippen LogP contribution is -2.03. The summed E-state index contributed by atoms with van der Waals surface area (Å²) < 4.78 is 6.65. The van der Waals surface area contributed by atoms with Gasteiger partial charge in [-0.3, -0.25) is 0 Å². The van der Waals surface area contributed by atoms with Gasteiger partial charge in [0.2, 0.25) is 0 Å². The van der Waals surface area contributed by atoms with Crippen molar-refractivity contribution in [1.82, 2.24) is 0 Å². The highest BCUT2D eigenvalue weighted by atomic mass is 127. The molecule has 3 nitrogen and oxygen atoms in total. The third kappa shape index (κ3) is 3.87.